The first kappa shape index (κ1) is 18.2. The second-order valence-corrected chi connectivity index (χ2v) is 6.89. The van der Waals surface area contributed by atoms with E-state index in [2.05, 4.69) is 10.4 Å². The fraction of sp³-hybridized carbons (Fsp3) is 0.350. The van der Waals surface area contributed by atoms with Crippen LogP contribution < -0.4 is 5.32 Å². The molecule has 1 N–H and O–H groups in total. The predicted molar refractivity (Wildman–Crippen MR) is 104 cm³/mol. The van der Waals surface area contributed by atoms with Gasteiger partial charge in [0.2, 0.25) is 0 Å². The minimum absolute atomic E-state index is 0.0455. The second-order valence-electron chi connectivity index (χ2n) is 6.89. The SMILES string of the molecule is COCCN1C(=O)c2cccn2CC1CNC(=O)c1nn(C)c2ccccc12. The van der Waals surface area contributed by atoms with Crippen molar-refractivity contribution in [3.63, 3.8) is 0 Å². The van der Waals surface area contributed by atoms with E-state index in [-0.39, 0.29) is 17.9 Å². The number of hydrogen-bond donors (Lipinski definition) is 1. The van der Waals surface area contributed by atoms with Gasteiger partial charge in [-0.05, 0) is 18.2 Å². The van der Waals surface area contributed by atoms with Crippen molar-refractivity contribution < 1.29 is 14.3 Å². The van der Waals surface area contributed by atoms with Gasteiger partial charge in [0.1, 0.15) is 5.69 Å². The largest absolute Gasteiger partial charge is 0.383 e. The number of hydrogen-bond acceptors (Lipinski definition) is 4. The van der Waals surface area contributed by atoms with Crippen molar-refractivity contribution in [1.82, 2.24) is 24.6 Å². The van der Waals surface area contributed by atoms with Gasteiger partial charge in [-0.3, -0.25) is 14.3 Å². The number of nitrogens with zero attached hydrogens (tertiary/aromatic N) is 4. The molecule has 1 atom stereocenters. The van der Waals surface area contributed by atoms with E-state index >= 15 is 0 Å². The number of benzene rings is 1. The Bertz CT molecular complexity index is 1020. The maximum absolute atomic E-state index is 12.8. The number of carbonyl (C=O) groups is 2. The molecule has 1 unspecified atom stereocenters. The highest BCUT2D eigenvalue weighted by atomic mass is 16.5. The van der Waals surface area contributed by atoms with E-state index in [4.69, 9.17) is 4.74 Å². The van der Waals surface area contributed by atoms with E-state index in [0.29, 0.717) is 37.6 Å². The lowest BCUT2D eigenvalue weighted by Gasteiger charge is -2.36. The molecule has 8 nitrogen and oxygen atoms in total. The second kappa shape index (κ2) is 7.47. The monoisotopic (exact) mass is 381 g/mol. The zero-order valence-corrected chi connectivity index (χ0v) is 16.0. The summed E-state index contributed by atoms with van der Waals surface area (Å²) in [5, 5.41) is 8.14. The maximum atomic E-state index is 12.8. The van der Waals surface area contributed by atoms with Gasteiger partial charge >= 0.3 is 0 Å². The molecule has 28 heavy (non-hydrogen) atoms. The Labute approximate surface area is 162 Å². The summed E-state index contributed by atoms with van der Waals surface area (Å²) in [6.07, 6.45) is 1.89. The van der Waals surface area contributed by atoms with Crippen LogP contribution in [0.4, 0.5) is 0 Å². The van der Waals surface area contributed by atoms with Crippen LogP contribution in [0.25, 0.3) is 10.9 Å². The van der Waals surface area contributed by atoms with Crippen molar-refractivity contribution in [1.29, 1.82) is 0 Å². The molecule has 0 saturated carbocycles. The Kier molecular flexibility index (Phi) is 4.87. The van der Waals surface area contributed by atoms with Gasteiger partial charge in [0, 0.05) is 45.4 Å². The van der Waals surface area contributed by atoms with Gasteiger partial charge in [0.05, 0.1) is 18.2 Å². The van der Waals surface area contributed by atoms with Gasteiger partial charge in [-0.15, -0.1) is 0 Å². The summed E-state index contributed by atoms with van der Waals surface area (Å²) in [6.45, 7) is 1.90. The number of nitrogens with one attached hydrogen (secondary N) is 1. The maximum Gasteiger partial charge on any atom is 0.272 e. The first-order chi connectivity index (χ1) is 13.6. The highest BCUT2D eigenvalue weighted by Crippen LogP contribution is 2.19. The molecule has 2 aromatic heterocycles. The average molecular weight is 381 g/mol. The molecule has 146 valence electrons. The summed E-state index contributed by atoms with van der Waals surface area (Å²) in [4.78, 5) is 27.4. The van der Waals surface area contributed by atoms with Crippen molar-refractivity contribution in [3.8, 4) is 0 Å². The van der Waals surface area contributed by atoms with Crippen LogP contribution >= 0.6 is 0 Å². The van der Waals surface area contributed by atoms with Crippen LogP contribution in [-0.4, -0.2) is 63.9 Å². The lowest BCUT2D eigenvalue weighted by molar-refractivity contribution is 0.0504. The zero-order valence-electron chi connectivity index (χ0n) is 16.0. The lowest BCUT2D eigenvalue weighted by Crippen LogP contribution is -2.53. The third-order valence-electron chi connectivity index (χ3n) is 5.17. The molecule has 1 aliphatic heterocycles. The van der Waals surface area contributed by atoms with Gasteiger partial charge in [-0.25, -0.2) is 0 Å². The van der Waals surface area contributed by atoms with Crippen molar-refractivity contribution in [2.75, 3.05) is 26.8 Å². The normalized spacial score (nSPS) is 16.4. The highest BCUT2D eigenvalue weighted by molar-refractivity contribution is 6.04. The fourth-order valence-electron chi connectivity index (χ4n) is 3.73. The van der Waals surface area contributed by atoms with E-state index in [9.17, 15) is 9.59 Å². The quantitative estimate of drug-likeness (QED) is 0.697. The molecule has 3 aromatic rings. The van der Waals surface area contributed by atoms with E-state index < -0.39 is 0 Å². The topological polar surface area (TPSA) is 81.4 Å². The third kappa shape index (κ3) is 3.16. The number of amides is 2. The zero-order chi connectivity index (χ0) is 19.7. The van der Waals surface area contributed by atoms with Gasteiger partial charge in [-0.2, -0.15) is 5.10 Å². The van der Waals surface area contributed by atoms with E-state index in [1.807, 2.05) is 54.2 Å². The summed E-state index contributed by atoms with van der Waals surface area (Å²) in [5.74, 6) is -0.287. The Hall–Kier alpha value is -3.13. The Morgan fingerprint density at radius 1 is 1.29 bits per heavy atom. The number of carbonyl (C=O) groups excluding carboxylic acids is 2. The molecule has 0 spiro atoms. The predicted octanol–water partition coefficient (Wildman–Crippen LogP) is 1.28. The molecule has 1 aromatic carbocycles. The van der Waals surface area contributed by atoms with Crippen LogP contribution in [0.2, 0.25) is 0 Å². The number of fused-ring (bicyclic) bond motifs is 2. The van der Waals surface area contributed by atoms with Gasteiger partial charge in [-0.1, -0.05) is 18.2 Å². The minimum atomic E-state index is -0.241. The van der Waals surface area contributed by atoms with Crippen LogP contribution in [0.5, 0.6) is 0 Å². The molecular formula is C20H23N5O3. The molecule has 0 fully saturated rings. The lowest BCUT2D eigenvalue weighted by atomic mass is 10.1. The van der Waals surface area contributed by atoms with E-state index in [1.54, 1.807) is 16.7 Å². The Morgan fingerprint density at radius 3 is 2.93 bits per heavy atom. The smallest absolute Gasteiger partial charge is 0.272 e. The first-order valence-corrected chi connectivity index (χ1v) is 9.25. The van der Waals surface area contributed by atoms with Crippen LogP contribution in [0.3, 0.4) is 0 Å². The standard InChI is InChI=1S/C20H23N5O3/c1-23-16-7-4-3-6-15(16)18(22-23)19(26)21-12-14-13-24-9-5-8-17(24)20(27)25(14)10-11-28-2/h3-9,14H,10-13H2,1-2H3,(H,21,26). The van der Waals surface area contributed by atoms with Crippen molar-refractivity contribution in [2.24, 2.45) is 7.05 Å². The van der Waals surface area contributed by atoms with Gasteiger partial charge in [0.15, 0.2) is 5.69 Å². The molecule has 8 heteroatoms. The van der Waals surface area contributed by atoms with Crippen LogP contribution in [0.15, 0.2) is 42.6 Å². The summed E-state index contributed by atoms with van der Waals surface area (Å²) < 4.78 is 8.78. The number of rotatable bonds is 6. The summed E-state index contributed by atoms with van der Waals surface area (Å²) >= 11 is 0. The minimum Gasteiger partial charge on any atom is -0.383 e. The van der Waals surface area contributed by atoms with Crippen molar-refractivity contribution in [2.45, 2.75) is 12.6 Å². The summed E-state index contributed by atoms with van der Waals surface area (Å²) in [6, 6.07) is 11.2. The number of para-hydroxylation sites is 1. The van der Waals surface area contributed by atoms with Crippen LogP contribution in [0, 0.1) is 0 Å². The molecule has 1 aliphatic rings. The molecule has 3 heterocycles. The van der Waals surface area contributed by atoms with Crippen molar-refractivity contribution in [3.05, 3.63) is 54.0 Å². The number of ether oxygens (including phenoxy) is 1. The molecule has 0 saturated heterocycles. The van der Waals surface area contributed by atoms with E-state index in [1.165, 1.54) is 0 Å². The summed E-state index contributed by atoms with van der Waals surface area (Å²) in [7, 11) is 3.43. The third-order valence-corrected chi connectivity index (χ3v) is 5.17. The molecule has 4 rings (SSSR count). The van der Waals surface area contributed by atoms with Gasteiger partial charge in [0.25, 0.3) is 11.8 Å². The molecular weight excluding hydrogens is 358 g/mol. The van der Waals surface area contributed by atoms with Gasteiger partial charge < -0.3 is 19.5 Å². The highest BCUT2D eigenvalue weighted by Gasteiger charge is 2.32. The summed E-state index contributed by atoms with van der Waals surface area (Å²) in [5.41, 5.74) is 1.96. The molecule has 2 amide bonds. The van der Waals surface area contributed by atoms with Crippen LogP contribution in [-0.2, 0) is 18.3 Å². The first-order valence-electron chi connectivity index (χ1n) is 9.25. The number of methoxy groups -OCH3 is 1. The average Bonchev–Trinajstić information content (AvgIpc) is 3.31. The molecule has 0 radical (unpaired) electrons. The Morgan fingerprint density at radius 2 is 2.11 bits per heavy atom. The van der Waals surface area contributed by atoms with Crippen molar-refractivity contribution >= 4 is 22.7 Å². The number of aryl methyl sites for hydroxylation is 1. The van der Waals surface area contributed by atoms with Crippen LogP contribution in [0.1, 0.15) is 21.0 Å². The van der Waals surface area contributed by atoms with E-state index in [0.717, 1.165) is 10.9 Å². The number of aromatic nitrogens is 3. The molecule has 0 aliphatic carbocycles. The Balaban J connectivity index is 1.52. The molecule has 0 bridgehead atoms. The fourth-order valence-corrected chi connectivity index (χ4v) is 3.73.